The highest BCUT2D eigenvalue weighted by atomic mass is 35.5. The Morgan fingerprint density at radius 2 is 2.33 bits per heavy atom. The van der Waals surface area contributed by atoms with Gasteiger partial charge >= 0.3 is 5.69 Å². The molecule has 1 aromatic rings. The zero-order valence-electron chi connectivity index (χ0n) is 9.63. The molecule has 0 bridgehead atoms. The minimum absolute atomic E-state index is 0.0901. The van der Waals surface area contributed by atoms with E-state index in [4.69, 9.17) is 16.3 Å². The molecular weight excluding hydrogens is 260 g/mol. The molecule has 98 valence electrons. The molecule has 0 aliphatic carbocycles. The first-order chi connectivity index (χ1) is 8.66. The lowest BCUT2D eigenvalue weighted by Gasteiger charge is -2.06. The number of nitrogens with zero attached hydrogens (tertiary/aromatic N) is 3. The van der Waals surface area contributed by atoms with Gasteiger partial charge in [-0.2, -0.15) is 0 Å². The van der Waals surface area contributed by atoms with E-state index in [0.29, 0.717) is 19.8 Å². The highest BCUT2D eigenvalue weighted by Crippen LogP contribution is 2.27. The van der Waals surface area contributed by atoms with Crippen molar-refractivity contribution >= 4 is 23.1 Å². The van der Waals surface area contributed by atoms with Crippen LogP contribution in [0.5, 0.6) is 0 Å². The molecule has 8 heteroatoms. The van der Waals surface area contributed by atoms with Gasteiger partial charge in [-0.15, -0.1) is 6.58 Å². The van der Waals surface area contributed by atoms with Crippen LogP contribution in [0.15, 0.2) is 19.0 Å². The first-order valence-electron chi connectivity index (χ1n) is 5.24. The van der Waals surface area contributed by atoms with Crippen molar-refractivity contribution in [1.82, 2.24) is 9.97 Å². The van der Waals surface area contributed by atoms with Crippen molar-refractivity contribution < 1.29 is 9.66 Å². The summed E-state index contributed by atoms with van der Waals surface area (Å²) in [5.74, 6) is 0.0901. The van der Waals surface area contributed by atoms with Crippen LogP contribution in [-0.2, 0) is 4.74 Å². The summed E-state index contributed by atoms with van der Waals surface area (Å²) in [6, 6.07) is 0. The molecule has 0 radical (unpaired) electrons. The van der Waals surface area contributed by atoms with Crippen LogP contribution in [0.25, 0.3) is 0 Å². The third-order valence-corrected chi connectivity index (χ3v) is 2.24. The van der Waals surface area contributed by atoms with Gasteiger partial charge in [0.05, 0.1) is 18.1 Å². The highest BCUT2D eigenvalue weighted by Gasteiger charge is 2.20. The van der Waals surface area contributed by atoms with Crippen molar-refractivity contribution in [3.63, 3.8) is 0 Å². The van der Waals surface area contributed by atoms with E-state index in [1.165, 1.54) is 0 Å². The molecule has 0 unspecified atom stereocenters. The zero-order chi connectivity index (χ0) is 13.4. The smallest absolute Gasteiger partial charge is 0.348 e. The Kier molecular flexibility index (Phi) is 6.03. The number of ether oxygens (including phenoxy) is 1. The van der Waals surface area contributed by atoms with E-state index in [1.54, 1.807) is 6.08 Å². The number of halogens is 1. The Hall–Kier alpha value is -1.73. The molecule has 0 aliphatic rings. The lowest BCUT2D eigenvalue weighted by Crippen LogP contribution is -2.12. The van der Waals surface area contributed by atoms with Gasteiger partial charge in [-0.3, -0.25) is 10.1 Å². The van der Waals surface area contributed by atoms with Gasteiger partial charge in [0.1, 0.15) is 6.33 Å². The van der Waals surface area contributed by atoms with Gasteiger partial charge in [0, 0.05) is 6.54 Å². The number of hydrogen-bond donors (Lipinski definition) is 1. The normalized spacial score (nSPS) is 10.1. The number of nitro groups is 1. The van der Waals surface area contributed by atoms with E-state index in [-0.39, 0.29) is 16.7 Å². The summed E-state index contributed by atoms with van der Waals surface area (Å²) in [5.41, 5.74) is -0.328. The van der Waals surface area contributed by atoms with Crippen LogP contribution in [0, 0.1) is 10.1 Å². The summed E-state index contributed by atoms with van der Waals surface area (Å²) in [4.78, 5) is 17.5. The average Bonchev–Trinajstić information content (AvgIpc) is 2.33. The van der Waals surface area contributed by atoms with E-state index in [1.807, 2.05) is 0 Å². The summed E-state index contributed by atoms with van der Waals surface area (Å²) < 4.78 is 5.25. The SMILES string of the molecule is C=CCCOCCNc1ncnc(Cl)c1[N+](=O)[O-]. The van der Waals surface area contributed by atoms with Crippen molar-refractivity contribution in [2.45, 2.75) is 6.42 Å². The van der Waals surface area contributed by atoms with E-state index < -0.39 is 4.92 Å². The fourth-order valence-electron chi connectivity index (χ4n) is 1.16. The molecule has 1 rings (SSSR count). The number of nitrogens with one attached hydrogen (secondary N) is 1. The first kappa shape index (κ1) is 14.3. The van der Waals surface area contributed by atoms with Crippen molar-refractivity contribution in [2.24, 2.45) is 0 Å². The summed E-state index contributed by atoms with van der Waals surface area (Å²) in [7, 11) is 0. The van der Waals surface area contributed by atoms with Crippen molar-refractivity contribution in [3.8, 4) is 0 Å². The van der Waals surface area contributed by atoms with Crippen LogP contribution in [0.4, 0.5) is 11.5 Å². The third-order valence-electron chi connectivity index (χ3n) is 1.97. The summed E-state index contributed by atoms with van der Waals surface area (Å²) in [5, 5.41) is 13.4. The largest absolute Gasteiger partial charge is 0.379 e. The predicted molar refractivity (Wildman–Crippen MR) is 67.8 cm³/mol. The van der Waals surface area contributed by atoms with Crippen LogP contribution in [0.1, 0.15) is 6.42 Å². The first-order valence-corrected chi connectivity index (χ1v) is 5.62. The fraction of sp³-hybridized carbons (Fsp3) is 0.400. The van der Waals surface area contributed by atoms with Gasteiger partial charge in [-0.1, -0.05) is 17.7 Å². The summed E-state index contributed by atoms with van der Waals surface area (Å²) in [6.45, 7) is 4.94. The number of anilines is 1. The number of aromatic nitrogens is 2. The topological polar surface area (TPSA) is 90.2 Å². The maximum atomic E-state index is 10.8. The van der Waals surface area contributed by atoms with Crippen LogP contribution in [0.3, 0.4) is 0 Å². The van der Waals surface area contributed by atoms with Gasteiger partial charge in [0.15, 0.2) is 0 Å². The number of hydrogen-bond acceptors (Lipinski definition) is 6. The fourth-order valence-corrected chi connectivity index (χ4v) is 1.36. The molecule has 7 nitrogen and oxygen atoms in total. The van der Waals surface area contributed by atoms with Gasteiger partial charge in [0.25, 0.3) is 0 Å². The maximum absolute atomic E-state index is 10.8. The monoisotopic (exact) mass is 272 g/mol. The minimum Gasteiger partial charge on any atom is -0.379 e. The molecular formula is C10H13ClN4O3. The zero-order valence-corrected chi connectivity index (χ0v) is 10.4. The van der Waals surface area contributed by atoms with Crippen LogP contribution < -0.4 is 5.32 Å². The lowest BCUT2D eigenvalue weighted by atomic mass is 10.4. The van der Waals surface area contributed by atoms with Crippen molar-refractivity contribution in [3.05, 3.63) is 34.2 Å². The molecule has 0 aromatic carbocycles. The summed E-state index contributed by atoms with van der Waals surface area (Å²) in [6.07, 6.45) is 3.68. The Morgan fingerprint density at radius 3 is 3.00 bits per heavy atom. The molecule has 0 saturated carbocycles. The Morgan fingerprint density at radius 1 is 1.56 bits per heavy atom. The summed E-state index contributed by atoms with van der Waals surface area (Å²) >= 11 is 5.63. The standard InChI is InChI=1S/C10H13ClN4O3/c1-2-3-5-18-6-4-12-10-8(15(16)17)9(11)13-7-14-10/h2,7H,1,3-6H2,(H,12,13,14). The van der Waals surface area contributed by atoms with Crippen molar-refractivity contribution in [2.75, 3.05) is 25.1 Å². The Balaban J connectivity index is 2.49. The molecule has 0 fully saturated rings. The third kappa shape index (κ3) is 4.27. The molecule has 18 heavy (non-hydrogen) atoms. The van der Waals surface area contributed by atoms with Crippen molar-refractivity contribution in [1.29, 1.82) is 0 Å². The Labute approximate surface area is 109 Å². The number of rotatable bonds is 8. The molecule has 0 spiro atoms. The van der Waals surface area contributed by atoms with Crippen LogP contribution in [0.2, 0.25) is 5.15 Å². The minimum atomic E-state index is -0.622. The molecule has 0 amide bonds. The molecule has 0 atom stereocenters. The second-order valence-corrected chi connectivity index (χ2v) is 3.59. The molecule has 1 aromatic heterocycles. The highest BCUT2D eigenvalue weighted by molar-refractivity contribution is 6.31. The molecule has 0 aliphatic heterocycles. The van der Waals surface area contributed by atoms with E-state index >= 15 is 0 Å². The maximum Gasteiger partial charge on any atom is 0.348 e. The van der Waals surface area contributed by atoms with E-state index in [9.17, 15) is 10.1 Å². The van der Waals surface area contributed by atoms with Gasteiger partial charge in [-0.05, 0) is 6.42 Å². The van der Waals surface area contributed by atoms with Crippen LogP contribution in [-0.4, -0.2) is 34.6 Å². The predicted octanol–water partition coefficient (Wildman–Crippen LogP) is 2.04. The van der Waals surface area contributed by atoms with E-state index in [0.717, 1.165) is 12.7 Å². The van der Waals surface area contributed by atoms with Gasteiger partial charge in [-0.25, -0.2) is 9.97 Å². The second kappa shape index (κ2) is 7.57. The Bertz CT molecular complexity index is 428. The second-order valence-electron chi connectivity index (χ2n) is 3.24. The lowest BCUT2D eigenvalue weighted by molar-refractivity contribution is -0.384. The molecule has 1 N–H and O–H groups in total. The molecule has 0 saturated heterocycles. The van der Waals surface area contributed by atoms with E-state index in [2.05, 4.69) is 21.9 Å². The molecule has 1 heterocycles. The van der Waals surface area contributed by atoms with Crippen LogP contribution >= 0.6 is 11.6 Å². The average molecular weight is 273 g/mol. The van der Waals surface area contributed by atoms with Gasteiger partial charge < -0.3 is 10.1 Å². The quantitative estimate of drug-likeness (QED) is 0.256. The van der Waals surface area contributed by atoms with Gasteiger partial charge in [0.2, 0.25) is 11.0 Å².